The maximum absolute atomic E-state index is 5.51. The van der Waals surface area contributed by atoms with Crippen molar-refractivity contribution in [3.05, 3.63) is 55.2 Å². The molecule has 0 atom stereocenters. The molecule has 0 saturated carbocycles. The third kappa shape index (κ3) is 1.63. The van der Waals surface area contributed by atoms with E-state index in [-0.39, 0.29) is 0 Å². The van der Waals surface area contributed by atoms with Crippen molar-refractivity contribution in [2.24, 2.45) is 0 Å². The molecular formula is C12H10GeO3. The van der Waals surface area contributed by atoms with Gasteiger partial charge >= 0.3 is 96.6 Å². The van der Waals surface area contributed by atoms with Gasteiger partial charge in [-0.25, -0.2) is 0 Å². The molecule has 3 nitrogen and oxygen atoms in total. The summed E-state index contributed by atoms with van der Waals surface area (Å²) in [5, 5.41) is 0. The van der Waals surface area contributed by atoms with Crippen molar-refractivity contribution in [1.29, 1.82) is 0 Å². The van der Waals surface area contributed by atoms with Crippen molar-refractivity contribution in [2.45, 2.75) is 0 Å². The topological polar surface area (TPSA) is 39.4 Å². The summed E-state index contributed by atoms with van der Waals surface area (Å²) in [6.07, 6.45) is 5.08. The first-order valence-electron chi connectivity index (χ1n) is 5.05. The second-order valence-electron chi connectivity index (χ2n) is 3.48. The summed E-state index contributed by atoms with van der Waals surface area (Å²) in [7, 11) is 0. The van der Waals surface area contributed by atoms with Crippen molar-refractivity contribution in [1.82, 2.24) is 0 Å². The molecule has 3 aromatic rings. The van der Waals surface area contributed by atoms with Gasteiger partial charge in [-0.15, -0.1) is 0 Å². The Balaban J connectivity index is 2.09. The van der Waals surface area contributed by atoms with Crippen molar-refractivity contribution in [2.75, 3.05) is 0 Å². The molecule has 0 aliphatic rings. The SMILES string of the molecule is c1co[c]([GeH]([c]2ccco2)[c]2ccco2)c1. The molecular weight excluding hydrogens is 265 g/mol. The molecule has 0 fully saturated rings. The van der Waals surface area contributed by atoms with E-state index in [1.165, 1.54) is 0 Å². The summed E-state index contributed by atoms with van der Waals surface area (Å²) < 4.78 is 19.5. The zero-order valence-electron chi connectivity index (χ0n) is 8.50. The fourth-order valence-corrected chi connectivity index (χ4v) is 6.81. The standard InChI is InChI=1S/C12H10GeO3/c1-4-10(14-7-1)13(11-5-2-8-15-11)12-6-3-9-16-12/h1-9,13H. The summed E-state index contributed by atoms with van der Waals surface area (Å²) in [5.74, 6) is 0. The fourth-order valence-electron chi connectivity index (χ4n) is 1.79. The second-order valence-corrected chi connectivity index (χ2v) is 8.88. The normalized spacial score (nSPS) is 11.1. The Bertz CT molecular complexity index is 441. The predicted molar refractivity (Wildman–Crippen MR) is 62.2 cm³/mol. The summed E-state index contributed by atoms with van der Waals surface area (Å²) in [6.45, 7) is 0. The molecule has 80 valence electrons. The van der Waals surface area contributed by atoms with Crippen LogP contribution < -0.4 is 13.8 Å². The van der Waals surface area contributed by atoms with Crippen LogP contribution in [0, 0.1) is 0 Å². The predicted octanol–water partition coefficient (Wildman–Crippen LogP) is 0.714. The minimum absolute atomic E-state index is 0.998. The van der Waals surface area contributed by atoms with Crippen molar-refractivity contribution < 1.29 is 13.3 Å². The van der Waals surface area contributed by atoms with E-state index in [4.69, 9.17) is 13.3 Å². The van der Waals surface area contributed by atoms with Crippen LogP contribution in [-0.4, -0.2) is 14.3 Å². The number of rotatable bonds is 3. The van der Waals surface area contributed by atoms with Crippen molar-refractivity contribution >= 4 is 28.1 Å². The van der Waals surface area contributed by atoms with E-state index in [1.807, 2.05) is 36.4 Å². The van der Waals surface area contributed by atoms with E-state index < -0.39 is 14.3 Å². The summed E-state index contributed by atoms with van der Waals surface area (Å²) in [4.78, 5) is 0. The van der Waals surface area contributed by atoms with E-state index in [0.29, 0.717) is 0 Å². The van der Waals surface area contributed by atoms with Crippen molar-refractivity contribution in [3.8, 4) is 0 Å². The Labute approximate surface area is 96.8 Å². The first kappa shape index (κ1) is 9.60. The molecule has 3 rings (SSSR count). The van der Waals surface area contributed by atoms with Crippen LogP contribution in [0.4, 0.5) is 0 Å². The molecule has 0 aromatic carbocycles. The molecule has 0 aliphatic heterocycles. The summed E-state index contributed by atoms with van der Waals surface area (Å²) in [5.41, 5.74) is 0. The Morgan fingerprint density at radius 1 is 0.625 bits per heavy atom. The molecule has 0 spiro atoms. The third-order valence-electron chi connectivity index (χ3n) is 2.48. The Kier molecular flexibility index (Phi) is 2.46. The van der Waals surface area contributed by atoms with Crippen LogP contribution in [0.2, 0.25) is 0 Å². The average Bonchev–Trinajstić information content (AvgIpc) is 3.02. The third-order valence-corrected chi connectivity index (χ3v) is 8.13. The fraction of sp³-hybridized carbons (Fsp3) is 0. The van der Waals surface area contributed by atoms with Crippen molar-refractivity contribution in [3.63, 3.8) is 0 Å². The van der Waals surface area contributed by atoms with Crippen LogP contribution in [0.25, 0.3) is 0 Å². The van der Waals surface area contributed by atoms with Gasteiger partial charge in [0.15, 0.2) is 0 Å². The van der Waals surface area contributed by atoms with Gasteiger partial charge in [0.05, 0.1) is 0 Å². The van der Waals surface area contributed by atoms with E-state index >= 15 is 0 Å². The Morgan fingerprint density at radius 3 is 1.25 bits per heavy atom. The first-order valence-corrected chi connectivity index (χ1v) is 8.69. The van der Waals surface area contributed by atoms with Gasteiger partial charge < -0.3 is 0 Å². The van der Waals surface area contributed by atoms with Gasteiger partial charge in [-0.1, -0.05) is 0 Å². The molecule has 3 heterocycles. The number of hydrogen-bond donors (Lipinski definition) is 0. The van der Waals surface area contributed by atoms with Crippen LogP contribution in [0.1, 0.15) is 0 Å². The zero-order valence-corrected chi connectivity index (χ0v) is 10.9. The van der Waals surface area contributed by atoms with E-state index in [0.717, 1.165) is 13.8 Å². The van der Waals surface area contributed by atoms with Gasteiger partial charge in [-0.05, 0) is 0 Å². The molecule has 0 N–H and O–H groups in total. The molecule has 0 amide bonds. The molecule has 0 unspecified atom stereocenters. The first-order chi connectivity index (χ1) is 7.95. The monoisotopic (exact) mass is 276 g/mol. The zero-order chi connectivity index (χ0) is 10.8. The molecule has 0 radical (unpaired) electrons. The molecule has 16 heavy (non-hydrogen) atoms. The van der Waals surface area contributed by atoms with Crippen LogP contribution in [0.5, 0.6) is 0 Å². The minimum atomic E-state index is -2.20. The average molecular weight is 275 g/mol. The van der Waals surface area contributed by atoms with Crippen LogP contribution in [0.3, 0.4) is 0 Å². The van der Waals surface area contributed by atoms with Crippen LogP contribution in [-0.2, 0) is 0 Å². The van der Waals surface area contributed by atoms with E-state index in [9.17, 15) is 0 Å². The van der Waals surface area contributed by atoms with Gasteiger partial charge in [0.25, 0.3) is 0 Å². The van der Waals surface area contributed by atoms with Crippen LogP contribution in [0.15, 0.2) is 68.4 Å². The molecule has 0 saturated heterocycles. The maximum atomic E-state index is 5.51. The van der Waals surface area contributed by atoms with E-state index in [1.54, 1.807) is 18.8 Å². The summed E-state index contributed by atoms with van der Waals surface area (Å²) in [6, 6.07) is 11.7. The second kappa shape index (κ2) is 4.10. The van der Waals surface area contributed by atoms with E-state index in [2.05, 4.69) is 0 Å². The van der Waals surface area contributed by atoms with Crippen LogP contribution >= 0.6 is 0 Å². The molecule has 0 aliphatic carbocycles. The summed E-state index contributed by atoms with van der Waals surface area (Å²) >= 11 is -2.20. The van der Waals surface area contributed by atoms with Gasteiger partial charge in [0, 0.05) is 0 Å². The number of hydrogen-bond acceptors (Lipinski definition) is 3. The quantitative estimate of drug-likeness (QED) is 0.661. The molecule has 0 bridgehead atoms. The van der Waals surface area contributed by atoms with Gasteiger partial charge in [0.1, 0.15) is 0 Å². The van der Waals surface area contributed by atoms with Gasteiger partial charge in [0.2, 0.25) is 0 Å². The van der Waals surface area contributed by atoms with Gasteiger partial charge in [-0.3, -0.25) is 0 Å². The van der Waals surface area contributed by atoms with Gasteiger partial charge in [-0.2, -0.15) is 0 Å². The molecule has 3 aromatic heterocycles. The Morgan fingerprint density at radius 2 is 1.00 bits per heavy atom. The Hall–Kier alpha value is -1.62. The number of furan rings is 3. The molecule has 4 heteroatoms.